The molecule has 2 atom stereocenters. The maximum Gasteiger partial charge on any atom is 0.269 e. The van der Waals surface area contributed by atoms with Crippen LogP contribution in [-0.2, 0) is 9.47 Å². The Balaban J connectivity index is 1.88. The molecule has 1 aliphatic rings. The molecule has 0 aliphatic carbocycles. The minimum atomic E-state index is -0.421. The number of hydrogen-bond donors (Lipinski definition) is 0. The highest BCUT2D eigenvalue weighted by molar-refractivity contribution is 5.34. The smallest absolute Gasteiger partial charge is 0.269 e. The third kappa shape index (κ3) is 2.89. The number of benzene rings is 1. The molecule has 17 heavy (non-hydrogen) atoms. The standard InChI is InChI=1S/C12H13NO4/c1-2-3-8-16-12-11(17-12)9-4-6-10(7-5-9)13(14)15/h2,4-7,11-12H,1,3,8H2. The number of nitro groups is 1. The fourth-order valence-electron chi connectivity index (χ4n) is 1.51. The van der Waals surface area contributed by atoms with Gasteiger partial charge in [-0.25, -0.2) is 0 Å². The maximum absolute atomic E-state index is 10.5. The molecule has 90 valence electrons. The first-order chi connectivity index (χ1) is 8.22. The molecule has 0 bridgehead atoms. The molecule has 0 spiro atoms. The fourth-order valence-corrected chi connectivity index (χ4v) is 1.51. The van der Waals surface area contributed by atoms with Crippen LogP contribution < -0.4 is 0 Å². The molecule has 1 aromatic rings. The molecule has 1 saturated heterocycles. The summed E-state index contributed by atoms with van der Waals surface area (Å²) in [5, 5.41) is 10.5. The van der Waals surface area contributed by atoms with Gasteiger partial charge < -0.3 is 9.47 Å². The molecule has 5 heteroatoms. The van der Waals surface area contributed by atoms with Crippen molar-refractivity contribution in [1.82, 2.24) is 0 Å². The molecule has 5 nitrogen and oxygen atoms in total. The lowest BCUT2D eigenvalue weighted by Crippen LogP contribution is -1.98. The van der Waals surface area contributed by atoms with E-state index in [-0.39, 0.29) is 18.1 Å². The van der Waals surface area contributed by atoms with Gasteiger partial charge in [-0.05, 0) is 24.1 Å². The Morgan fingerprint density at radius 2 is 2.18 bits per heavy atom. The van der Waals surface area contributed by atoms with Gasteiger partial charge in [0.15, 0.2) is 6.29 Å². The van der Waals surface area contributed by atoms with Gasteiger partial charge >= 0.3 is 0 Å². The van der Waals surface area contributed by atoms with Gasteiger partial charge in [0, 0.05) is 12.1 Å². The van der Waals surface area contributed by atoms with Gasteiger partial charge in [0.1, 0.15) is 6.10 Å². The average Bonchev–Trinajstić information content (AvgIpc) is 3.09. The Labute approximate surface area is 98.8 Å². The van der Waals surface area contributed by atoms with Crippen LogP contribution in [0.2, 0.25) is 0 Å². The van der Waals surface area contributed by atoms with Crippen molar-refractivity contribution < 1.29 is 14.4 Å². The third-order valence-corrected chi connectivity index (χ3v) is 2.49. The maximum atomic E-state index is 10.5. The van der Waals surface area contributed by atoms with Gasteiger partial charge in [0.05, 0.1) is 11.5 Å². The first kappa shape index (κ1) is 11.8. The highest BCUT2D eigenvalue weighted by atomic mass is 16.8. The van der Waals surface area contributed by atoms with Crippen LogP contribution in [0.25, 0.3) is 0 Å². The molecule has 0 amide bonds. The zero-order valence-electron chi connectivity index (χ0n) is 9.24. The van der Waals surface area contributed by atoms with Crippen molar-refractivity contribution >= 4 is 5.69 Å². The predicted octanol–water partition coefficient (Wildman–Crippen LogP) is 2.58. The SMILES string of the molecule is C=CCCOC1OC1c1ccc([N+](=O)[O-])cc1. The van der Waals surface area contributed by atoms with Crippen molar-refractivity contribution in [2.75, 3.05) is 6.61 Å². The second-order valence-corrected chi connectivity index (χ2v) is 3.72. The summed E-state index contributed by atoms with van der Waals surface area (Å²) < 4.78 is 10.7. The molecule has 0 radical (unpaired) electrons. The minimum absolute atomic E-state index is 0.0820. The zero-order chi connectivity index (χ0) is 12.3. The van der Waals surface area contributed by atoms with E-state index in [0.29, 0.717) is 6.61 Å². The fraction of sp³-hybridized carbons (Fsp3) is 0.333. The van der Waals surface area contributed by atoms with Crippen LogP contribution in [0.15, 0.2) is 36.9 Å². The van der Waals surface area contributed by atoms with E-state index in [1.807, 2.05) is 0 Å². The van der Waals surface area contributed by atoms with E-state index < -0.39 is 4.92 Å². The van der Waals surface area contributed by atoms with E-state index >= 15 is 0 Å². The van der Waals surface area contributed by atoms with Crippen LogP contribution in [0.1, 0.15) is 18.1 Å². The van der Waals surface area contributed by atoms with Gasteiger partial charge in [-0.15, -0.1) is 6.58 Å². The van der Waals surface area contributed by atoms with Crippen LogP contribution in [0, 0.1) is 10.1 Å². The summed E-state index contributed by atoms with van der Waals surface area (Å²) in [4.78, 5) is 10.1. The first-order valence-corrected chi connectivity index (χ1v) is 5.34. The Morgan fingerprint density at radius 3 is 2.76 bits per heavy atom. The number of ether oxygens (including phenoxy) is 2. The van der Waals surface area contributed by atoms with E-state index in [9.17, 15) is 10.1 Å². The van der Waals surface area contributed by atoms with Crippen molar-refractivity contribution in [1.29, 1.82) is 0 Å². The number of non-ortho nitro benzene ring substituents is 1. The monoisotopic (exact) mass is 235 g/mol. The minimum Gasteiger partial charge on any atom is -0.349 e. The summed E-state index contributed by atoms with van der Waals surface area (Å²) >= 11 is 0. The molecule has 1 aliphatic heterocycles. The summed E-state index contributed by atoms with van der Waals surface area (Å²) in [5.41, 5.74) is 0.984. The molecule has 1 fully saturated rings. The van der Waals surface area contributed by atoms with E-state index in [2.05, 4.69) is 6.58 Å². The van der Waals surface area contributed by atoms with E-state index in [0.717, 1.165) is 12.0 Å². The molecular weight excluding hydrogens is 222 g/mol. The van der Waals surface area contributed by atoms with Gasteiger partial charge in [0.2, 0.25) is 0 Å². The van der Waals surface area contributed by atoms with Gasteiger partial charge in [-0.2, -0.15) is 0 Å². The van der Waals surface area contributed by atoms with Crippen LogP contribution in [0.5, 0.6) is 0 Å². The lowest BCUT2D eigenvalue weighted by Gasteiger charge is -1.97. The predicted molar refractivity (Wildman–Crippen MR) is 61.5 cm³/mol. The third-order valence-electron chi connectivity index (χ3n) is 2.49. The second-order valence-electron chi connectivity index (χ2n) is 3.72. The van der Waals surface area contributed by atoms with Crippen LogP contribution in [-0.4, -0.2) is 17.8 Å². The number of nitrogens with zero attached hydrogens (tertiary/aromatic N) is 1. The topological polar surface area (TPSA) is 64.9 Å². The normalized spacial score (nSPS) is 22.1. The Morgan fingerprint density at radius 1 is 1.47 bits per heavy atom. The van der Waals surface area contributed by atoms with Gasteiger partial charge in [-0.1, -0.05) is 6.08 Å². The van der Waals surface area contributed by atoms with E-state index in [1.54, 1.807) is 18.2 Å². The van der Waals surface area contributed by atoms with E-state index in [4.69, 9.17) is 9.47 Å². The van der Waals surface area contributed by atoms with Crippen molar-refractivity contribution in [3.05, 3.63) is 52.6 Å². The highest BCUT2D eigenvalue weighted by Gasteiger charge is 2.41. The summed E-state index contributed by atoms with van der Waals surface area (Å²) in [6.45, 7) is 4.18. The molecule has 1 heterocycles. The van der Waals surface area contributed by atoms with Gasteiger partial charge in [0.25, 0.3) is 5.69 Å². The van der Waals surface area contributed by atoms with Crippen molar-refractivity contribution in [2.24, 2.45) is 0 Å². The molecule has 0 aromatic heterocycles. The van der Waals surface area contributed by atoms with Gasteiger partial charge in [-0.3, -0.25) is 10.1 Å². The lowest BCUT2D eigenvalue weighted by molar-refractivity contribution is -0.384. The molecule has 0 saturated carbocycles. The largest absolute Gasteiger partial charge is 0.349 e. The van der Waals surface area contributed by atoms with Crippen molar-refractivity contribution in [2.45, 2.75) is 18.8 Å². The Hall–Kier alpha value is -1.72. The number of epoxide rings is 1. The molecule has 0 N–H and O–H groups in total. The van der Waals surface area contributed by atoms with Crippen LogP contribution in [0.4, 0.5) is 5.69 Å². The lowest BCUT2D eigenvalue weighted by atomic mass is 10.1. The molecular formula is C12H13NO4. The number of nitro benzene ring substituents is 1. The van der Waals surface area contributed by atoms with Crippen LogP contribution >= 0.6 is 0 Å². The number of rotatable bonds is 6. The summed E-state index contributed by atoms with van der Waals surface area (Å²) in [6, 6.07) is 6.33. The molecule has 2 unspecified atom stereocenters. The zero-order valence-corrected chi connectivity index (χ0v) is 9.24. The first-order valence-electron chi connectivity index (χ1n) is 5.34. The van der Waals surface area contributed by atoms with E-state index in [1.165, 1.54) is 12.1 Å². The van der Waals surface area contributed by atoms with Crippen molar-refractivity contribution in [3.63, 3.8) is 0 Å². The molecule has 2 rings (SSSR count). The van der Waals surface area contributed by atoms with Crippen molar-refractivity contribution in [3.8, 4) is 0 Å². The Bertz CT molecular complexity index is 415. The summed E-state index contributed by atoms with van der Waals surface area (Å²) in [6.07, 6.45) is 2.24. The molecule has 1 aromatic carbocycles. The highest BCUT2D eigenvalue weighted by Crippen LogP contribution is 2.39. The quantitative estimate of drug-likeness (QED) is 0.250. The second kappa shape index (κ2) is 5.07. The number of hydrogen-bond acceptors (Lipinski definition) is 4. The Kier molecular flexibility index (Phi) is 3.51. The summed E-state index contributed by atoms with van der Waals surface area (Å²) in [7, 11) is 0. The van der Waals surface area contributed by atoms with Crippen LogP contribution in [0.3, 0.4) is 0 Å². The average molecular weight is 235 g/mol. The summed E-state index contributed by atoms with van der Waals surface area (Å²) in [5.74, 6) is 0.